The van der Waals surface area contributed by atoms with Crippen LogP contribution in [0.25, 0.3) is 0 Å². The molecule has 0 heterocycles. The van der Waals surface area contributed by atoms with Gasteiger partial charge >= 0.3 is 17.9 Å². The van der Waals surface area contributed by atoms with E-state index in [-0.39, 0.29) is 37.5 Å². The third-order valence-electron chi connectivity index (χ3n) is 11.2. The normalized spacial score (nSPS) is 12.6. The summed E-state index contributed by atoms with van der Waals surface area (Å²) in [6.45, 7) is 6.47. The molecule has 0 bridgehead atoms. The largest absolute Gasteiger partial charge is 0.462 e. The first-order valence-corrected chi connectivity index (χ1v) is 26.4. The van der Waals surface area contributed by atoms with Crippen LogP contribution in [0.3, 0.4) is 0 Å². The van der Waals surface area contributed by atoms with E-state index in [1.807, 2.05) is 0 Å². The number of ether oxygens (including phenoxy) is 3. The highest BCUT2D eigenvalue weighted by molar-refractivity contribution is 5.71. The van der Waals surface area contributed by atoms with Crippen molar-refractivity contribution < 1.29 is 28.6 Å². The van der Waals surface area contributed by atoms with Gasteiger partial charge in [0.1, 0.15) is 13.2 Å². The first-order valence-electron chi connectivity index (χ1n) is 26.4. The van der Waals surface area contributed by atoms with Crippen molar-refractivity contribution in [2.45, 2.75) is 258 Å². The summed E-state index contributed by atoms with van der Waals surface area (Å²) in [7, 11) is 0. The summed E-state index contributed by atoms with van der Waals surface area (Å²) in [5.41, 5.74) is 0. The molecule has 0 aromatic rings. The molecular weight excluding hydrogens is 781 g/mol. The fourth-order valence-electron chi connectivity index (χ4n) is 7.24. The van der Waals surface area contributed by atoms with Crippen molar-refractivity contribution in [1.82, 2.24) is 0 Å². The lowest BCUT2D eigenvalue weighted by Crippen LogP contribution is -2.30. The maximum atomic E-state index is 12.8. The molecule has 0 aliphatic rings. The second kappa shape index (κ2) is 51.5. The Morgan fingerprint density at radius 3 is 1.03 bits per heavy atom. The van der Waals surface area contributed by atoms with Crippen LogP contribution >= 0.6 is 0 Å². The van der Waals surface area contributed by atoms with Gasteiger partial charge in [0.25, 0.3) is 0 Å². The van der Waals surface area contributed by atoms with E-state index in [4.69, 9.17) is 14.2 Å². The van der Waals surface area contributed by atoms with E-state index in [0.29, 0.717) is 19.3 Å². The zero-order chi connectivity index (χ0) is 45.8. The van der Waals surface area contributed by atoms with Crippen molar-refractivity contribution in [3.63, 3.8) is 0 Å². The lowest BCUT2D eigenvalue weighted by molar-refractivity contribution is -0.167. The SMILES string of the molecule is CC/C=C\C/C=C\C/C=C\CCCCCCCCC(=O)OC(COC(=O)CCC/C=C\C/C=C\C/C=C\CCCCCCCC)COC(=O)CCCCCCCCCCCCCC. The third kappa shape index (κ3) is 49.7. The maximum absolute atomic E-state index is 12.8. The second-order valence-corrected chi connectivity index (χ2v) is 17.4. The van der Waals surface area contributed by atoms with Crippen LogP contribution in [-0.4, -0.2) is 37.2 Å². The van der Waals surface area contributed by atoms with Gasteiger partial charge in [-0.3, -0.25) is 14.4 Å². The van der Waals surface area contributed by atoms with Crippen LogP contribution in [0, 0.1) is 0 Å². The molecule has 0 radical (unpaired) electrons. The maximum Gasteiger partial charge on any atom is 0.306 e. The Kier molecular flexibility index (Phi) is 48.9. The Morgan fingerprint density at radius 1 is 0.333 bits per heavy atom. The fraction of sp³-hybridized carbons (Fsp3) is 0.737. The Hall–Kier alpha value is -3.15. The Bertz CT molecular complexity index is 1190. The van der Waals surface area contributed by atoms with Gasteiger partial charge in [-0.2, -0.15) is 0 Å². The molecule has 0 fully saturated rings. The quantitative estimate of drug-likeness (QED) is 0.0262. The number of unbranched alkanes of at least 4 members (excludes halogenated alkanes) is 24. The monoisotopic (exact) mass is 879 g/mol. The van der Waals surface area contributed by atoms with Gasteiger partial charge < -0.3 is 14.2 Å². The molecule has 0 aliphatic heterocycles. The van der Waals surface area contributed by atoms with E-state index in [1.165, 1.54) is 116 Å². The van der Waals surface area contributed by atoms with E-state index in [2.05, 4.69) is 93.7 Å². The summed E-state index contributed by atoms with van der Waals surface area (Å²) in [6.07, 6.45) is 64.6. The first-order chi connectivity index (χ1) is 31.0. The summed E-state index contributed by atoms with van der Waals surface area (Å²) in [5.74, 6) is -0.960. The van der Waals surface area contributed by atoms with Crippen molar-refractivity contribution >= 4 is 17.9 Å². The molecule has 1 unspecified atom stereocenters. The first kappa shape index (κ1) is 59.9. The van der Waals surface area contributed by atoms with Crippen LogP contribution in [0.2, 0.25) is 0 Å². The zero-order valence-corrected chi connectivity index (χ0v) is 41.3. The van der Waals surface area contributed by atoms with E-state index in [9.17, 15) is 14.4 Å². The Labute approximate surface area is 389 Å². The highest BCUT2D eigenvalue weighted by Gasteiger charge is 2.19. The molecule has 0 aromatic carbocycles. The molecule has 1 atom stereocenters. The van der Waals surface area contributed by atoms with Gasteiger partial charge in [0.2, 0.25) is 0 Å². The summed E-state index contributed by atoms with van der Waals surface area (Å²) in [4.78, 5) is 38.0. The number of carbonyl (C=O) groups excluding carboxylic acids is 3. The van der Waals surface area contributed by atoms with Crippen LogP contribution < -0.4 is 0 Å². The summed E-state index contributed by atoms with van der Waals surface area (Å²) >= 11 is 0. The molecule has 63 heavy (non-hydrogen) atoms. The molecule has 0 spiro atoms. The fourth-order valence-corrected chi connectivity index (χ4v) is 7.24. The van der Waals surface area contributed by atoms with E-state index < -0.39 is 6.10 Å². The van der Waals surface area contributed by atoms with Crippen LogP contribution in [0.4, 0.5) is 0 Å². The minimum Gasteiger partial charge on any atom is -0.462 e. The van der Waals surface area contributed by atoms with Gasteiger partial charge in [0.05, 0.1) is 0 Å². The highest BCUT2D eigenvalue weighted by atomic mass is 16.6. The van der Waals surface area contributed by atoms with Crippen LogP contribution in [0.15, 0.2) is 72.9 Å². The van der Waals surface area contributed by atoms with Crippen molar-refractivity contribution in [2.24, 2.45) is 0 Å². The van der Waals surface area contributed by atoms with Gasteiger partial charge in [-0.1, -0.05) is 222 Å². The van der Waals surface area contributed by atoms with Crippen molar-refractivity contribution in [2.75, 3.05) is 13.2 Å². The number of esters is 3. The van der Waals surface area contributed by atoms with Crippen LogP contribution in [0.5, 0.6) is 0 Å². The number of rotatable bonds is 47. The molecule has 0 aromatic heterocycles. The molecule has 0 amide bonds. The van der Waals surface area contributed by atoms with Crippen molar-refractivity contribution in [3.8, 4) is 0 Å². The summed E-state index contributed by atoms with van der Waals surface area (Å²) in [6, 6.07) is 0. The molecular formula is C57H98O6. The molecule has 0 saturated carbocycles. The summed E-state index contributed by atoms with van der Waals surface area (Å²) in [5, 5.41) is 0. The molecule has 0 N–H and O–H groups in total. The predicted octanol–water partition coefficient (Wildman–Crippen LogP) is 17.4. The molecule has 6 heteroatoms. The number of hydrogen-bond donors (Lipinski definition) is 0. The van der Waals surface area contributed by atoms with E-state index in [1.54, 1.807) is 0 Å². The number of hydrogen-bond acceptors (Lipinski definition) is 6. The lowest BCUT2D eigenvalue weighted by Gasteiger charge is -2.18. The molecule has 0 rings (SSSR count). The van der Waals surface area contributed by atoms with Gasteiger partial charge in [-0.05, 0) is 83.5 Å². The zero-order valence-electron chi connectivity index (χ0n) is 41.3. The minimum atomic E-state index is -0.800. The molecule has 6 nitrogen and oxygen atoms in total. The topological polar surface area (TPSA) is 78.9 Å². The number of carbonyl (C=O) groups is 3. The van der Waals surface area contributed by atoms with E-state index in [0.717, 1.165) is 89.9 Å². The smallest absolute Gasteiger partial charge is 0.306 e. The van der Waals surface area contributed by atoms with Crippen molar-refractivity contribution in [3.05, 3.63) is 72.9 Å². The predicted molar refractivity (Wildman–Crippen MR) is 270 cm³/mol. The van der Waals surface area contributed by atoms with Gasteiger partial charge in [-0.15, -0.1) is 0 Å². The van der Waals surface area contributed by atoms with Gasteiger partial charge in [0, 0.05) is 19.3 Å². The van der Waals surface area contributed by atoms with Crippen molar-refractivity contribution in [1.29, 1.82) is 0 Å². The standard InChI is InChI=1S/C57H98O6/c1-4-7-10-13-16-19-22-25-27-29-31-32-35-38-41-44-47-50-56(59)62-53-54(52-61-55(58)49-46-43-40-37-34-24-21-18-15-12-9-6-3)63-57(60)51-48-45-42-39-36-33-30-28-26-23-20-17-14-11-8-5-2/h8,11,17,20,25-28,31-32,38,41,54H,4-7,9-10,12-16,18-19,21-24,29-30,33-37,39-40,42-53H2,1-3H3/b11-8-,20-17-,27-25-,28-26-,32-31-,41-38-. The average molecular weight is 879 g/mol. The number of allylic oxidation sites excluding steroid dienone is 12. The average Bonchev–Trinajstić information content (AvgIpc) is 3.28. The second-order valence-electron chi connectivity index (χ2n) is 17.4. The lowest BCUT2D eigenvalue weighted by atomic mass is 10.0. The minimum absolute atomic E-state index is 0.0949. The Morgan fingerprint density at radius 2 is 0.635 bits per heavy atom. The molecule has 362 valence electrons. The van der Waals surface area contributed by atoms with Gasteiger partial charge in [0.15, 0.2) is 6.10 Å². The molecule has 0 saturated heterocycles. The molecule has 0 aliphatic carbocycles. The Balaban J connectivity index is 4.47. The van der Waals surface area contributed by atoms with E-state index >= 15 is 0 Å². The van der Waals surface area contributed by atoms with Crippen LogP contribution in [0.1, 0.15) is 252 Å². The highest BCUT2D eigenvalue weighted by Crippen LogP contribution is 2.14. The third-order valence-corrected chi connectivity index (χ3v) is 11.2. The van der Waals surface area contributed by atoms with Gasteiger partial charge in [-0.25, -0.2) is 0 Å². The summed E-state index contributed by atoms with van der Waals surface area (Å²) < 4.78 is 16.8. The van der Waals surface area contributed by atoms with Crippen LogP contribution in [-0.2, 0) is 28.6 Å².